The molecule has 4 aromatic heterocycles. The Balaban J connectivity index is 0.758. The maximum atomic E-state index is 15.3. The van der Waals surface area contributed by atoms with Gasteiger partial charge in [-0.1, -0.05) is 49.2 Å². The van der Waals surface area contributed by atoms with Crippen molar-refractivity contribution in [3.8, 4) is 16.9 Å². The quantitative estimate of drug-likeness (QED) is 0.0304. The number of para-hydroxylation sites is 1. The number of benzene rings is 3. The standard InChI is InChI=1S/C62H69F3N10O8SSi/c1-60(2,3)83-58(80)55-42(16-18-50(69-55)74-25-21-37-20-24-66-54(45(37)34-74)57(79)75(36-81-28-29-85(5,6)7)59-68-47-10-8-9-11-49(47)84-59)41-15-13-39(31-46(41)62(63,64)65)82-40-32-61(33-40)22-26-73(27-23-61)35-52(77)67-38-12-14-43-48(30-38)72(4)71-53(43)44-17-19-51(76)70-56(44)78/h8-16,18,20,24,30-31,40,44H,17,19,21-23,25-29,32-36H2,1-7H3,(H,67,77)(H,70,76,78). The van der Waals surface area contributed by atoms with E-state index in [0.717, 1.165) is 51.6 Å². The van der Waals surface area contributed by atoms with Crippen LogP contribution < -0.4 is 25.2 Å². The van der Waals surface area contributed by atoms with Gasteiger partial charge in [0.2, 0.25) is 17.7 Å². The van der Waals surface area contributed by atoms with Gasteiger partial charge in [-0.25, -0.2) is 14.8 Å². The molecule has 1 spiro atoms. The van der Waals surface area contributed by atoms with E-state index in [1.165, 1.54) is 34.4 Å². The van der Waals surface area contributed by atoms with E-state index in [0.29, 0.717) is 79.8 Å². The summed E-state index contributed by atoms with van der Waals surface area (Å²) in [7, 11) is 0.325. The molecule has 2 saturated heterocycles. The summed E-state index contributed by atoms with van der Waals surface area (Å²) in [6.45, 7) is 14.3. The highest BCUT2D eigenvalue weighted by atomic mass is 32.1. The van der Waals surface area contributed by atoms with Gasteiger partial charge in [-0.3, -0.25) is 44.0 Å². The third-order valence-corrected chi connectivity index (χ3v) is 19.1. The van der Waals surface area contributed by atoms with E-state index in [2.05, 4.69) is 45.3 Å². The number of esters is 1. The zero-order valence-corrected chi connectivity index (χ0v) is 50.5. The minimum Gasteiger partial charge on any atom is -0.490 e. The molecule has 2 N–H and O–H groups in total. The Morgan fingerprint density at radius 1 is 0.906 bits per heavy atom. The van der Waals surface area contributed by atoms with E-state index in [4.69, 9.17) is 24.2 Å². The van der Waals surface area contributed by atoms with E-state index in [9.17, 15) is 24.0 Å². The average molecular weight is 1200 g/mol. The molecule has 23 heteroatoms. The number of anilines is 3. The second-order valence-corrected chi connectivity index (χ2v) is 31.6. The fourth-order valence-corrected chi connectivity index (χ4v) is 13.5. The van der Waals surface area contributed by atoms with Crippen molar-refractivity contribution in [2.24, 2.45) is 12.5 Å². The van der Waals surface area contributed by atoms with Crippen LogP contribution in [-0.4, -0.2) is 119 Å². The first-order chi connectivity index (χ1) is 40.4. The van der Waals surface area contributed by atoms with Gasteiger partial charge in [-0.05, 0) is 156 Å². The molecule has 3 fully saturated rings. The summed E-state index contributed by atoms with van der Waals surface area (Å²) in [5.74, 6) is -2.32. The van der Waals surface area contributed by atoms with Crippen molar-refractivity contribution >= 4 is 86.8 Å². The maximum Gasteiger partial charge on any atom is 0.417 e. The van der Waals surface area contributed by atoms with E-state index >= 15 is 13.2 Å². The smallest absolute Gasteiger partial charge is 0.417 e. The van der Waals surface area contributed by atoms with Gasteiger partial charge in [-0.2, -0.15) is 18.3 Å². The minimum absolute atomic E-state index is 0.0332. The molecule has 1 aliphatic carbocycles. The molecule has 1 saturated carbocycles. The molecule has 0 bridgehead atoms. The highest BCUT2D eigenvalue weighted by Gasteiger charge is 2.48. The summed E-state index contributed by atoms with van der Waals surface area (Å²) in [5.41, 5.74) is 1.75. The third-order valence-electron chi connectivity index (χ3n) is 16.4. The molecule has 4 amide bonds. The molecule has 0 radical (unpaired) electrons. The van der Waals surface area contributed by atoms with Crippen molar-refractivity contribution in [3.63, 3.8) is 0 Å². The summed E-state index contributed by atoms with van der Waals surface area (Å²) in [4.78, 5) is 86.3. The molecule has 1 unspecified atom stereocenters. The Morgan fingerprint density at radius 2 is 1.67 bits per heavy atom. The van der Waals surface area contributed by atoms with Gasteiger partial charge < -0.3 is 24.4 Å². The number of piperidine rings is 2. The Morgan fingerprint density at radius 3 is 2.40 bits per heavy atom. The number of halogens is 3. The van der Waals surface area contributed by atoms with E-state index in [1.54, 1.807) is 50.8 Å². The first kappa shape index (κ1) is 59.1. The second-order valence-electron chi connectivity index (χ2n) is 25.0. The fraction of sp³-hybridized carbons (Fsp3) is 0.435. The number of imide groups is 1. The van der Waals surface area contributed by atoms with Crippen LogP contribution in [-0.2, 0) is 50.0 Å². The lowest BCUT2D eigenvalue weighted by molar-refractivity contribution is -0.137. The average Bonchev–Trinajstić information content (AvgIpc) is 2.87. The highest BCUT2D eigenvalue weighted by molar-refractivity contribution is 7.22. The van der Waals surface area contributed by atoms with Crippen LogP contribution in [0.1, 0.15) is 109 Å². The largest absolute Gasteiger partial charge is 0.490 e. The number of carbonyl (C=O) groups excluding carboxylic acids is 5. The van der Waals surface area contributed by atoms with Crippen LogP contribution in [0.15, 0.2) is 85.1 Å². The van der Waals surface area contributed by atoms with Crippen LogP contribution in [0.4, 0.5) is 29.8 Å². The number of aromatic nitrogens is 5. The van der Waals surface area contributed by atoms with Crippen LogP contribution >= 0.6 is 11.3 Å². The molecule has 4 aliphatic rings. The lowest BCUT2D eigenvalue weighted by Crippen LogP contribution is -2.51. The number of amides is 4. The highest BCUT2D eigenvalue weighted by Crippen LogP contribution is 2.51. The van der Waals surface area contributed by atoms with Crippen LogP contribution in [0.25, 0.3) is 32.2 Å². The summed E-state index contributed by atoms with van der Waals surface area (Å²) in [5, 5.41) is 11.2. The van der Waals surface area contributed by atoms with Gasteiger partial charge in [0.05, 0.1) is 45.6 Å². The summed E-state index contributed by atoms with van der Waals surface area (Å²) in [6.07, 6.45) is 0.447. The number of nitrogens with one attached hydrogen (secondary N) is 2. The van der Waals surface area contributed by atoms with Crippen molar-refractivity contribution in [1.82, 2.24) is 34.9 Å². The number of thiazole rings is 1. The topological polar surface area (TPSA) is 203 Å². The van der Waals surface area contributed by atoms with E-state index < -0.39 is 43.2 Å². The number of hydrogen-bond acceptors (Lipinski definition) is 15. The monoisotopic (exact) mass is 1200 g/mol. The molecular weight excluding hydrogens is 1130 g/mol. The maximum absolute atomic E-state index is 15.3. The molecular formula is C62H69F3N10O8SSi. The molecule has 446 valence electrons. The molecule has 11 rings (SSSR count). The molecule has 18 nitrogen and oxygen atoms in total. The number of likely N-dealkylation sites (tertiary alicyclic amines) is 1. The number of ether oxygens (including phenoxy) is 3. The van der Waals surface area contributed by atoms with Gasteiger partial charge in [0.25, 0.3) is 5.91 Å². The zero-order valence-electron chi connectivity index (χ0n) is 48.7. The van der Waals surface area contributed by atoms with Crippen LogP contribution in [0, 0.1) is 5.41 Å². The number of carbonyl (C=O) groups is 5. The van der Waals surface area contributed by atoms with Gasteiger partial charge >= 0.3 is 12.1 Å². The number of pyridine rings is 2. The van der Waals surface area contributed by atoms with Gasteiger partial charge in [-0.15, -0.1) is 0 Å². The van der Waals surface area contributed by atoms with Crippen LogP contribution in [0.5, 0.6) is 5.75 Å². The van der Waals surface area contributed by atoms with Gasteiger partial charge in [0.15, 0.2) is 10.8 Å². The number of aryl methyl sites for hydroxylation is 1. The summed E-state index contributed by atoms with van der Waals surface area (Å²) in [6, 6.07) is 22.7. The molecule has 7 aromatic rings. The Labute approximate surface area is 495 Å². The van der Waals surface area contributed by atoms with Gasteiger partial charge in [0.1, 0.15) is 29.6 Å². The van der Waals surface area contributed by atoms with E-state index in [1.807, 2.05) is 47.4 Å². The van der Waals surface area contributed by atoms with Crippen molar-refractivity contribution in [3.05, 3.63) is 119 Å². The normalized spacial score (nSPS) is 17.6. The first-order valence-electron chi connectivity index (χ1n) is 28.8. The van der Waals surface area contributed by atoms with Crippen LogP contribution in [0.3, 0.4) is 0 Å². The zero-order chi connectivity index (χ0) is 60.2. The molecule has 3 aromatic carbocycles. The molecule has 7 heterocycles. The number of alkyl halides is 3. The fourth-order valence-electron chi connectivity index (χ4n) is 11.8. The number of rotatable bonds is 16. The second kappa shape index (κ2) is 23.3. The number of fused-ring (bicyclic) bond motifs is 3. The van der Waals surface area contributed by atoms with Crippen molar-refractivity contribution in [2.75, 3.05) is 54.6 Å². The Bertz CT molecular complexity index is 3710. The summed E-state index contributed by atoms with van der Waals surface area (Å²) >= 11 is 1.38. The Hall–Kier alpha value is -7.60. The predicted octanol–water partition coefficient (Wildman–Crippen LogP) is 10.9. The SMILES string of the molecule is Cn1nc(C2CCC(=O)NC2=O)c2ccc(NC(=O)CN3CCC4(CC3)CC(Oc3ccc(-c5ccc(N6CCc7ccnc(C(=O)N(COCC[Si](C)(C)C)c8nc9ccccc9s8)c7C6)nc5C(=O)OC(C)(C)C)c(C(F)(F)F)c3)C4)cc21. The lowest BCUT2D eigenvalue weighted by atomic mass is 9.61. The Kier molecular flexibility index (Phi) is 16.2. The lowest BCUT2D eigenvalue weighted by Gasteiger charge is -2.51. The van der Waals surface area contributed by atoms with Crippen LogP contribution in [0.2, 0.25) is 25.7 Å². The molecule has 85 heavy (non-hydrogen) atoms. The number of hydrogen-bond donors (Lipinski definition) is 2. The predicted molar refractivity (Wildman–Crippen MR) is 320 cm³/mol. The first-order valence-corrected chi connectivity index (χ1v) is 33.3. The molecule has 1 atom stereocenters. The van der Waals surface area contributed by atoms with Crippen molar-refractivity contribution < 1.29 is 51.4 Å². The van der Waals surface area contributed by atoms with Gasteiger partial charge in [0, 0.05) is 69.6 Å². The number of nitrogens with zero attached hydrogens (tertiary/aromatic N) is 8. The van der Waals surface area contributed by atoms with Crippen molar-refractivity contribution in [1.29, 1.82) is 0 Å². The van der Waals surface area contributed by atoms with E-state index in [-0.39, 0.29) is 83.7 Å². The molecule has 3 aliphatic heterocycles. The third kappa shape index (κ3) is 13.1. The van der Waals surface area contributed by atoms with Crippen molar-refractivity contribution in [2.45, 2.75) is 122 Å². The minimum atomic E-state index is -4.85. The summed E-state index contributed by atoms with van der Waals surface area (Å²) < 4.78 is 66.8.